The molecule has 15 heteroatoms. The average molecular weight is 629 g/mol. The molecule has 1 aliphatic heterocycles. The van der Waals surface area contributed by atoms with Gasteiger partial charge < -0.3 is 9.64 Å². The Balaban J connectivity index is 1.77. The number of nitrogens with zero attached hydrogens (tertiary/aromatic N) is 1. The van der Waals surface area contributed by atoms with Crippen LogP contribution < -0.4 is 5.73 Å². The highest BCUT2D eigenvalue weighted by Gasteiger charge is 2.48. The van der Waals surface area contributed by atoms with E-state index in [1.165, 1.54) is 43.0 Å². The van der Waals surface area contributed by atoms with Gasteiger partial charge in [0.1, 0.15) is 0 Å². The van der Waals surface area contributed by atoms with E-state index in [1.54, 1.807) is 0 Å². The number of nitrogens with two attached hydrogens (primary N) is 1. The van der Waals surface area contributed by atoms with E-state index in [1.807, 2.05) is 0 Å². The highest BCUT2D eigenvalue weighted by molar-refractivity contribution is 7.92. The van der Waals surface area contributed by atoms with E-state index in [0.29, 0.717) is 6.07 Å². The maximum Gasteiger partial charge on any atom is 0.491 e. The fourth-order valence-corrected chi connectivity index (χ4v) is 6.62. The van der Waals surface area contributed by atoms with Gasteiger partial charge in [-0.15, -0.1) is 0 Å². The first kappa shape index (κ1) is 32.7. The summed E-state index contributed by atoms with van der Waals surface area (Å²) in [5.41, 5.74) is 2.33. The van der Waals surface area contributed by atoms with Gasteiger partial charge in [-0.05, 0) is 62.9 Å². The number of amides is 1. The molecule has 1 heterocycles. The van der Waals surface area contributed by atoms with Gasteiger partial charge in [0.15, 0.2) is 15.6 Å². The number of rotatable bonds is 7. The van der Waals surface area contributed by atoms with Crippen molar-refractivity contribution in [2.24, 2.45) is 11.7 Å². The number of esters is 1. The van der Waals surface area contributed by atoms with Crippen molar-refractivity contribution in [3.63, 3.8) is 0 Å². The molecule has 0 bridgehead atoms. The molecule has 1 atom stereocenters. The van der Waals surface area contributed by atoms with Crippen molar-refractivity contribution in [3.8, 4) is 0 Å². The Hall–Kier alpha value is -2.84. The van der Waals surface area contributed by atoms with Crippen molar-refractivity contribution < 1.29 is 49.1 Å². The summed E-state index contributed by atoms with van der Waals surface area (Å²) < 4.78 is 108. The molecule has 0 aromatic heterocycles. The van der Waals surface area contributed by atoms with Crippen LogP contribution in [0, 0.1) is 5.92 Å². The highest BCUT2D eigenvalue weighted by atomic mass is 35.5. The van der Waals surface area contributed by atoms with Gasteiger partial charge in [-0.25, -0.2) is 13.2 Å². The lowest BCUT2D eigenvalue weighted by Crippen LogP contribution is -2.51. The lowest BCUT2D eigenvalue weighted by Gasteiger charge is -2.41. The van der Waals surface area contributed by atoms with E-state index in [9.17, 15) is 44.3 Å². The Morgan fingerprint density at radius 3 is 2.05 bits per heavy atom. The summed E-state index contributed by atoms with van der Waals surface area (Å²) in [6.45, 7) is 2.75. The summed E-state index contributed by atoms with van der Waals surface area (Å²) in [4.78, 5) is 25.5. The van der Waals surface area contributed by atoms with Gasteiger partial charge in [0.05, 0.1) is 21.6 Å². The number of halogens is 7. The van der Waals surface area contributed by atoms with E-state index in [-0.39, 0.29) is 36.5 Å². The molecular formula is C26H27ClF6N2O5S. The van der Waals surface area contributed by atoms with Crippen molar-refractivity contribution in [1.29, 1.82) is 0 Å². The zero-order chi connectivity index (χ0) is 31.0. The number of likely N-dealkylation sites (tertiary alicyclic amines) is 1. The molecule has 1 amide bonds. The fraction of sp³-hybridized carbons (Fsp3) is 0.462. The van der Waals surface area contributed by atoms with E-state index in [4.69, 9.17) is 17.3 Å². The number of alkyl halides is 6. The molecule has 1 aliphatic rings. The second-order valence-corrected chi connectivity index (χ2v) is 13.2. The largest absolute Gasteiger partial charge is 0.491 e. The van der Waals surface area contributed by atoms with Crippen LogP contribution in [0.4, 0.5) is 26.3 Å². The SMILES string of the molecule is CC(C)(C1CCN(C(=O)C[C@@](N)(OC(=O)C(F)(F)F)c2ccc(Cl)cc2)CC1)S(=O)(=O)c1cccc(C(F)(F)F)c1. The van der Waals surface area contributed by atoms with Crippen molar-refractivity contribution in [1.82, 2.24) is 4.90 Å². The Morgan fingerprint density at radius 2 is 1.54 bits per heavy atom. The smallest absolute Gasteiger partial charge is 0.433 e. The molecule has 0 aliphatic carbocycles. The van der Waals surface area contributed by atoms with Gasteiger partial charge in [-0.3, -0.25) is 10.5 Å². The number of hydrogen-bond donors (Lipinski definition) is 1. The molecule has 1 fully saturated rings. The summed E-state index contributed by atoms with van der Waals surface area (Å²) in [7, 11) is -4.25. The number of hydrogen-bond acceptors (Lipinski definition) is 6. The number of carbonyl (C=O) groups is 2. The van der Waals surface area contributed by atoms with Gasteiger partial charge in [0.2, 0.25) is 5.91 Å². The predicted octanol–water partition coefficient (Wildman–Crippen LogP) is 5.46. The minimum Gasteiger partial charge on any atom is -0.433 e. The third-order valence-corrected chi connectivity index (χ3v) is 10.1. The van der Waals surface area contributed by atoms with E-state index < -0.39 is 67.3 Å². The number of piperidine rings is 1. The van der Waals surface area contributed by atoms with Crippen molar-refractivity contribution in [2.75, 3.05) is 13.1 Å². The topological polar surface area (TPSA) is 107 Å². The molecule has 226 valence electrons. The van der Waals surface area contributed by atoms with Gasteiger partial charge in [0, 0.05) is 23.7 Å². The Labute approximate surface area is 237 Å². The summed E-state index contributed by atoms with van der Waals surface area (Å²) in [6.07, 6.45) is -10.7. The zero-order valence-corrected chi connectivity index (χ0v) is 23.4. The molecule has 41 heavy (non-hydrogen) atoms. The van der Waals surface area contributed by atoms with Crippen LogP contribution in [0.15, 0.2) is 53.4 Å². The number of sulfone groups is 1. The first-order chi connectivity index (χ1) is 18.7. The van der Waals surface area contributed by atoms with E-state index in [0.717, 1.165) is 18.2 Å². The molecular weight excluding hydrogens is 602 g/mol. The molecule has 2 aromatic carbocycles. The molecule has 2 aromatic rings. The zero-order valence-electron chi connectivity index (χ0n) is 21.9. The predicted molar refractivity (Wildman–Crippen MR) is 136 cm³/mol. The van der Waals surface area contributed by atoms with Crippen LogP contribution in [-0.4, -0.2) is 49.2 Å². The second-order valence-electron chi connectivity index (χ2n) is 10.2. The number of ether oxygens (including phenoxy) is 1. The molecule has 3 rings (SSSR count). The van der Waals surface area contributed by atoms with Crippen LogP contribution >= 0.6 is 11.6 Å². The molecule has 0 unspecified atom stereocenters. The van der Waals surface area contributed by atoms with Crippen LogP contribution in [0.5, 0.6) is 0 Å². The number of benzene rings is 2. The van der Waals surface area contributed by atoms with Gasteiger partial charge >= 0.3 is 18.3 Å². The van der Waals surface area contributed by atoms with Crippen molar-refractivity contribution >= 4 is 33.3 Å². The first-order valence-electron chi connectivity index (χ1n) is 12.2. The maximum atomic E-state index is 13.4. The van der Waals surface area contributed by atoms with E-state index in [2.05, 4.69) is 4.74 Å². The average Bonchev–Trinajstić information content (AvgIpc) is 2.88. The lowest BCUT2D eigenvalue weighted by molar-refractivity contribution is -0.216. The highest BCUT2D eigenvalue weighted by Crippen LogP contribution is 2.40. The van der Waals surface area contributed by atoms with Gasteiger partial charge in [0.25, 0.3) is 0 Å². The summed E-state index contributed by atoms with van der Waals surface area (Å²) in [6, 6.07) is 8.47. The standard InChI is InChI=1S/C26H27ClF6N2O5S/c1-23(2,41(38,39)20-5-3-4-18(14-20)25(28,29)30)16-10-12-35(13-11-16)21(36)15-24(34,40-22(37)26(31,32)33)17-6-8-19(27)9-7-17/h3-9,14,16H,10-13,15,34H2,1-2H3/t24-/m1/s1. The lowest BCUT2D eigenvalue weighted by atomic mass is 9.85. The molecule has 2 N–H and O–H groups in total. The van der Waals surface area contributed by atoms with Crippen molar-refractivity contribution in [3.05, 3.63) is 64.7 Å². The minimum absolute atomic E-state index is 0.0189. The van der Waals surface area contributed by atoms with Gasteiger partial charge in [-0.2, -0.15) is 26.3 Å². The molecule has 0 radical (unpaired) electrons. The van der Waals surface area contributed by atoms with Crippen LogP contribution in [0.1, 0.15) is 44.2 Å². The van der Waals surface area contributed by atoms with Crippen LogP contribution in [0.2, 0.25) is 5.02 Å². The molecule has 0 saturated carbocycles. The number of carbonyl (C=O) groups excluding carboxylic acids is 2. The summed E-state index contributed by atoms with van der Waals surface area (Å²) in [5, 5.41) is 0.217. The van der Waals surface area contributed by atoms with Gasteiger partial charge in [-0.1, -0.05) is 29.8 Å². The fourth-order valence-electron chi connectivity index (χ4n) is 4.68. The quantitative estimate of drug-likeness (QED) is 0.248. The molecule has 0 spiro atoms. The third-order valence-electron chi connectivity index (χ3n) is 7.25. The Morgan fingerprint density at radius 1 is 0.976 bits per heavy atom. The van der Waals surface area contributed by atoms with E-state index >= 15 is 0 Å². The maximum absolute atomic E-state index is 13.4. The summed E-state index contributed by atoms with van der Waals surface area (Å²) >= 11 is 5.82. The molecule has 1 saturated heterocycles. The molecule has 7 nitrogen and oxygen atoms in total. The third kappa shape index (κ3) is 7.15. The normalized spacial score (nSPS) is 17.2. The van der Waals surface area contributed by atoms with Crippen LogP contribution in [0.25, 0.3) is 0 Å². The summed E-state index contributed by atoms with van der Waals surface area (Å²) in [5.74, 6) is -3.93. The minimum atomic E-state index is -5.38. The van der Waals surface area contributed by atoms with Crippen LogP contribution in [-0.2, 0) is 36.1 Å². The van der Waals surface area contributed by atoms with Crippen molar-refractivity contribution in [2.45, 2.75) is 60.8 Å². The Bertz CT molecular complexity index is 1390. The van der Waals surface area contributed by atoms with Crippen LogP contribution in [0.3, 0.4) is 0 Å². The monoisotopic (exact) mass is 628 g/mol. The first-order valence-corrected chi connectivity index (χ1v) is 14.1. The second kappa shape index (κ2) is 11.4. The Kier molecular flexibility index (Phi) is 9.12.